The second-order valence-electron chi connectivity index (χ2n) is 5.45. The van der Waals surface area contributed by atoms with Crippen LogP contribution in [-0.4, -0.2) is 20.1 Å². The molecule has 5 heteroatoms. The van der Waals surface area contributed by atoms with Gasteiger partial charge in [0, 0.05) is 13.0 Å². The molecule has 0 radical (unpaired) electrons. The number of hydrogen-bond donors (Lipinski definition) is 1. The highest BCUT2D eigenvalue weighted by molar-refractivity contribution is 5.75. The van der Waals surface area contributed by atoms with Crippen LogP contribution in [0.4, 0.5) is 4.39 Å². The number of halogens is 1. The van der Waals surface area contributed by atoms with Crippen molar-refractivity contribution in [2.45, 2.75) is 25.8 Å². The van der Waals surface area contributed by atoms with Crippen LogP contribution < -0.4 is 14.8 Å². The molecule has 0 heterocycles. The number of nitrogens with one attached hydrogen (secondary N) is 1. The summed E-state index contributed by atoms with van der Waals surface area (Å²) < 4.78 is 23.3. The van der Waals surface area contributed by atoms with Crippen molar-refractivity contribution in [3.8, 4) is 11.5 Å². The zero-order chi connectivity index (χ0) is 17.4. The lowest BCUT2D eigenvalue weighted by Crippen LogP contribution is -2.22. The molecule has 0 spiro atoms. The van der Waals surface area contributed by atoms with E-state index in [9.17, 15) is 9.18 Å². The molecule has 2 aromatic rings. The second kappa shape index (κ2) is 8.91. The first kappa shape index (κ1) is 17.8. The highest BCUT2D eigenvalue weighted by Crippen LogP contribution is 2.28. The van der Waals surface area contributed by atoms with Crippen LogP contribution in [0, 0.1) is 5.82 Å². The number of methoxy groups -OCH3 is 2. The molecule has 128 valence electrons. The highest BCUT2D eigenvalue weighted by atomic mass is 19.1. The van der Waals surface area contributed by atoms with Crippen LogP contribution in [-0.2, 0) is 17.8 Å². The Bertz CT molecular complexity index is 671. The fourth-order valence-corrected chi connectivity index (χ4v) is 2.38. The minimum Gasteiger partial charge on any atom is -0.493 e. The quantitative estimate of drug-likeness (QED) is 0.805. The second-order valence-corrected chi connectivity index (χ2v) is 5.45. The fourth-order valence-electron chi connectivity index (χ4n) is 2.38. The van der Waals surface area contributed by atoms with Crippen molar-refractivity contribution in [3.05, 3.63) is 59.4 Å². The number of rotatable bonds is 8. The van der Waals surface area contributed by atoms with Crippen molar-refractivity contribution in [1.82, 2.24) is 5.32 Å². The molecule has 1 amide bonds. The molecule has 4 nitrogen and oxygen atoms in total. The molecular weight excluding hydrogens is 309 g/mol. The van der Waals surface area contributed by atoms with E-state index in [0.29, 0.717) is 24.5 Å². The van der Waals surface area contributed by atoms with Gasteiger partial charge in [0.2, 0.25) is 5.91 Å². The van der Waals surface area contributed by atoms with E-state index in [1.807, 2.05) is 18.2 Å². The summed E-state index contributed by atoms with van der Waals surface area (Å²) in [6.07, 6.45) is 1.96. The maximum atomic E-state index is 12.8. The molecule has 2 aromatic carbocycles. The Kier molecular flexibility index (Phi) is 6.61. The summed E-state index contributed by atoms with van der Waals surface area (Å²) in [5.41, 5.74) is 1.98. The predicted octanol–water partition coefficient (Wildman–Crippen LogP) is 3.48. The van der Waals surface area contributed by atoms with Crippen LogP contribution in [0.15, 0.2) is 42.5 Å². The van der Waals surface area contributed by atoms with Crippen LogP contribution in [0.1, 0.15) is 24.0 Å². The molecule has 2 rings (SSSR count). The predicted molar refractivity (Wildman–Crippen MR) is 90.7 cm³/mol. The largest absolute Gasteiger partial charge is 0.493 e. The van der Waals surface area contributed by atoms with Gasteiger partial charge in [-0.1, -0.05) is 18.2 Å². The molecule has 0 aliphatic carbocycles. The van der Waals surface area contributed by atoms with Gasteiger partial charge in [0.1, 0.15) is 5.82 Å². The molecule has 0 bridgehead atoms. The highest BCUT2D eigenvalue weighted by Gasteiger charge is 2.06. The summed E-state index contributed by atoms with van der Waals surface area (Å²) in [6.45, 7) is 0.412. The number of amides is 1. The molecule has 0 saturated carbocycles. The van der Waals surface area contributed by atoms with Crippen molar-refractivity contribution < 1.29 is 18.7 Å². The number of benzene rings is 2. The van der Waals surface area contributed by atoms with Gasteiger partial charge in [0.15, 0.2) is 11.5 Å². The molecule has 0 unspecified atom stereocenters. The van der Waals surface area contributed by atoms with Crippen molar-refractivity contribution in [2.75, 3.05) is 14.2 Å². The van der Waals surface area contributed by atoms with Gasteiger partial charge in [0.25, 0.3) is 0 Å². The lowest BCUT2D eigenvalue weighted by Gasteiger charge is -2.09. The third-order valence-corrected chi connectivity index (χ3v) is 3.72. The van der Waals surface area contributed by atoms with Gasteiger partial charge < -0.3 is 14.8 Å². The average Bonchev–Trinajstić information content (AvgIpc) is 2.61. The van der Waals surface area contributed by atoms with E-state index >= 15 is 0 Å². The summed E-state index contributed by atoms with van der Waals surface area (Å²) in [5.74, 6) is 1.09. The topological polar surface area (TPSA) is 47.6 Å². The molecular formula is C19H22FNO3. The minimum absolute atomic E-state index is 0.0141. The molecule has 0 saturated heterocycles. The summed E-state index contributed by atoms with van der Waals surface area (Å²) in [5, 5.41) is 2.84. The first-order valence-corrected chi connectivity index (χ1v) is 7.84. The lowest BCUT2D eigenvalue weighted by atomic mass is 10.1. The average molecular weight is 331 g/mol. The summed E-state index contributed by atoms with van der Waals surface area (Å²) >= 11 is 0. The third kappa shape index (κ3) is 5.26. The number of carbonyl (C=O) groups excluding carboxylic acids is 1. The minimum atomic E-state index is -0.278. The SMILES string of the molecule is COc1ccc(CCCC(=O)NCc2ccc(F)cc2)cc1OC. The van der Waals surface area contributed by atoms with Gasteiger partial charge in [0.05, 0.1) is 14.2 Å². The number of ether oxygens (including phenoxy) is 2. The zero-order valence-corrected chi connectivity index (χ0v) is 14.0. The van der Waals surface area contributed by atoms with Crippen LogP contribution in [0.2, 0.25) is 0 Å². The first-order chi connectivity index (χ1) is 11.6. The van der Waals surface area contributed by atoms with E-state index < -0.39 is 0 Å². The zero-order valence-electron chi connectivity index (χ0n) is 14.0. The first-order valence-electron chi connectivity index (χ1n) is 7.84. The molecule has 1 N–H and O–H groups in total. The van der Waals surface area contributed by atoms with E-state index in [4.69, 9.17) is 9.47 Å². The van der Waals surface area contributed by atoms with Crippen molar-refractivity contribution in [1.29, 1.82) is 0 Å². The van der Waals surface area contributed by atoms with Gasteiger partial charge in [-0.3, -0.25) is 4.79 Å². The van der Waals surface area contributed by atoms with Gasteiger partial charge in [-0.15, -0.1) is 0 Å². The Morgan fingerprint density at radius 3 is 2.33 bits per heavy atom. The van der Waals surface area contributed by atoms with Crippen LogP contribution >= 0.6 is 0 Å². The van der Waals surface area contributed by atoms with Crippen LogP contribution in [0.25, 0.3) is 0 Å². The molecule has 24 heavy (non-hydrogen) atoms. The van der Waals surface area contributed by atoms with Gasteiger partial charge >= 0.3 is 0 Å². The van der Waals surface area contributed by atoms with Gasteiger partial charge in [-0.2, -0.15) is 0 Å². The normalized spacial score (nSPS) is 10.3. The van der Waals surface area contributed by atoms with E-state index in [1.165, 1.54) is 12.1 Å². The summed E-state index contributed by atoms with van der Waals surface area (Å²) in [4.78, 5) is 11.9. The van der Waals surface area contributed by atoms with E-state index in [2.05, 4.69) is 5.32 Å². The monoisotopic (exact) mass is 331 g/mol. The van der Waals surface area contributed by atoms with Crippen molar-refractivity contribution in [3.63, 3.8) is 0 Å². The standard InChI is InChI=1S/C19H22FNO3/c1-23-17-11-8-14(12-18(17)24-2)4-3-5-19(22)21-13-15-6-9-16(20)10-7-15/h6-12H,3-5,13H2,1-2H3,(H,21,22). The Morgan fingerprint density at radius 2 is 1.67 bits per heavy atom. The van der Waals surface area contributed by atoms with Crippen molar-refractivity contribution in [2.24, 2.45) is 0 Å². The Morgan fingerprint density at radius 1 is 1.00 bits per heavy atom. The van der Waals surface area contributed by atoms with Crippen LogP contribution in [0.3, 0.4) is 0 Å². The summed E-state index contributed by atoms with van der Waals surface area (Å²) in [7, 11) is 3.20. The van der Waals surface area contributed by atoms with E-state index in [0.717, 1.165) is 24.0 Å². The number of hydrogen-bond acceptors (Lipinski definition) is 3. The number of aryl methyl sites for hydroxylation is 1. The van der Waals surface area contributed by atoms with Crippen LogP contribution in [0.5, 0.6) is 11.5 Å². The van der Waals surface area contributed by atoms with Crippen molar-refractivity contribution >= 4 is 5.91 Å². The third-order valence-electron chi connectivity index (χ3n) is 3.72. The summed E-state index contributed by atoms with van der Waals surface area (Å²) in [6, 6.07) is 11.9. The maximum Gasteiger partial charge on any atom is 0.220 e. The number of carbonyl (C=O) groups is 1. The van der Waals surface area contributed by atoms with Gasteiger partial charge in [-0.25, -0.2) is 4.39 Å². The molecule has 0 fully saturated rings. The van der Waals surface area contributed by atoms with E-state index in [1.54, 1.807) is 26.4 Å². The Balaban J connectivity index is 1.75. The lowest BCUT2D eigenvalue weighted by molar-refractivity contribution is -0.121. The fraction of sp³-hybridized carbons (Fsp3) is 0.316. The maximum absolute atomic E-state index is 12.8. The molecule has 0 aliphatic rings. The molecule has 0 aromatic heterocycles. The Labute approximate surface area is 141 Å². The molecule has 0 atom stereocenters. The van der Waals surface area contributed by atoms with E-state index in [-0.39, 0.29) is 11.7 Å². The van der Waals surface area contributed by atoms with Gasteiger partial charge in [-0.05, 0) is 48.2 Å². The Hall–Kier alpha value is -2.56. The molecule has 0 aliphatic heterocycles. The smallest absolute Gasteiger partial charge is 0.220 e.